The molecule has 0 atom stereocenters. The van der Waals surface area contributed by atoms with E-state index in [2.05, 4.69) is 9.97 Å². The fraction of sp³-hybridized carbons (Fsp3) is 0.0769. The molecule has 3 rings (SSSR count). The number of hydrogen-bond donors (Lipinski definition) is 1. The summed E-state index contributed by atoms with van der Waals surface area (Å²) < 4.78 is 15.3. The molecule has 0 spiro atoms. The molecule has 0 fully saturated rings. The molecule has 0 aliphatic rings. The minimum absolute atomic E-state index is 0.269. The maximum atomic E-state index is 12.9. The molecule has 90 valence electrons. The van der Waals surface area contributed by atoms with Crippen LogP contribution >= 0.6 is 12.2 Å². The van der Waals surface area contributed by atoms with Crippen molar-refractivity contribution in [2.75, 3.05) is 0 Å². The lowest BCUT2D eigenvalue weighted by molar-refractivity contribution is 0.627. The SMILES string of the molecule is Cc1ccnc2c1[nH]c(=S)n2-c1ccc(F)cc1. The molecule has 18 heavy (non-hydrogen) atoms. The number of fused-ring (bicyclic) bond motifs is 1. The van der Waals surface area contributed by atoms with E-state index in [4.69, 9.17) is 12.2 Å². The highest BCUT2D eigenvalue weighted by Crippen LogP contribution is 2.20. The summed E-state index contributed by atoms with van der Waals surface area (Å²) in [6.07, 6.45) is 1.74. The third-order valence-corrected chi connectivity index (χ3v) is 3.16. The average Bonchev–Trinajstić information content (AvgIpc) is 2.69. The molecular formula is C13H10FN3S. The Balaban J connectivity index is 2.35. The van der Waals surface area contributed by atoms with Gasteiger partial charge in [-0.25, -0.2) is 9.37 Å². The van der Waals surface area contributed by atoms with Gasteiger partial charge in [0.1, 0.15) is 5.82 Å². The van der Waals surface area contributed by atoms with Crippen LogP contribution in [0.1, 0.15) is 5.56 Å². The fourth-order valence-electron chi connectivity index (χ4n) is 1.96. The second-order valence-corrected chi connectivity index (χ2v) is 4.46. The Morgan fingerprint density at radius 1 is 1.22 bits per heavy atom. The molecular weight excluding hydrogens is 249 g/mol. The van der Waals surface area contributed by atoms with E-state index in [1.807, 2.05) is 13.0 Å². The van der Waals surface area contributed by atoms with Gasteiger partial charge >= 0.3 is 0 Å². The van der Waals surface area contributed by atoms with Crippen molar-refractivity contribution >= 4 is 23.4 Å². The average molecular weight is 259 g/mol. The Hall–Kier alpha value is -2.01. The van der Waals surface area contributed by atoms with Gasteiger partial charge in [-0.1, -0.05) is 0 Å². The van der Waals surface area contributed by atoms with Crippen LogP contribution in [0.4, 0.5) is 4.39 Å². The van der Waals surface area contributed by atoms with Crippen molar-refractivity contribution in [1.29, 1.82) is 0 Å². The molecule has 0 saturated carbocycles. The van der Waals surface area contributed by atoms with Gasteiger partial charge in [-0.3, -0.25) is 4.57 Å². The number of aromatic nitrogens is 3. The minimum Gasteiger partial charge on any atom is -0.329 e. The highest BCUT2D eigenvalue weighted by Gasteiger charge is 2.09. The first kappa shape index (κ1) is 11.1. The molecule has 0 aliphatic heterocycles. The zero-order chi connectivity index (χ0) is 12.7. The summed E-state index contributed by atoms with van der Waals surface area (Å²) in [4.78, 5) is 7.46. The van der Waals surface area contributed by atoms with Gasteiger partial charge in [0.25, 0.3) is 0 Å². The lowest BCUT2D eigenvalue weighted by Gasteiger charge is -2.03. The second-order valence-electron chi connectivity index (χ2n) is 4.07. The van der Waals surface area contributed by atoms with Crippen LogP contribution in [0.5, 0.6) is 0 Å². The number of nitrogens with one attached hydrogen (secondary N) is 1. The van der Waals surface area contributed by atoms with Gasteiger partial charge in [0.05, 0.1) is 11.2 Å². The summed E-state index contributed by atoms with van der Waals surface area (Å²) in [6, 6.07) is 8.10. The lowest BCUT2D eigenvalue weighted by atomic mass is 10.2. The second kappa shape index (κ2) is 4.03. The smallest absolute Gasteiger partial charge is 0.184 e. The predicted octanol–water partition coefficient (Wildman–Crippen LogP) is 3.53. The number of aryl methyl sites for hydroxylation is 1. The molecule has 0 amide bonds. The van der Waals surface area contributed by atoms with Gasteiger partial charge in [0.2, 0.25) is 0 Å². The van der Waals surface area contributed by atoms with E-state index in [9.17, 15) is 4.39 Å². The topological polar surface area (TPSA) is 33.6 Å². The fourth-order valence-corrected chi connectivity index (χ4v) is 2.25. The van der Waals surface area contributed by atoms with Crippen molar-refractivity contribution in [2.24, 2.45) is 0 Å². The van der Waals surface area contributed by atoms with E-state index < -0.39 is 0 Å². The number of benzene rings is 1. The van der Waals surface area contributed by atoms with E-state index in [-0.39, 0.29) is 5.82 Å². The lowest BCUT2D eigenvalue weighted by Crippen LogP contribution is -1.95. The van der Waals surface area contributed by atoms with Crippen molar-refractivity contribution in [3.8, 4) is 5.69 Å². The quantitative estimate of drug-likeness (QED) is 0.678. The molecule has 0 unspecified atom stereocenters. The number of H-pyrrole nitrogens is 1. The maximum Gasteiger partial charge on any atom is 0.184 e. The first-order valence-electron chi connectivity index (χ1n) is 5.49. The standard InChI is InChI=1S/C13H10FN3S/c1-8-6-7-15-12-11(8)16-13(18)17(12)10-4-2-9(14)3-5-10/h2-7H,1H3,(H,16,18). The number of hydrogen-bond acceptors (Lipinski definition) is 2. The van der Waals surface area contributed by atoms with Crippen LogP contribution in [0.15, 0.2) is 36.5 Å². The molecule has 0 bridgehead atoms. The Morgan fingerprint density at radius 3 is 2.67 bits per heavy atom. The monoisotopic (exact) mass is 259 g/mol. The molecule has 1 N–H and O–H groups in total. The van der Waals surface area contributed by atoms with E-state index in [0.717, 1.165) is 22.4 Å². The highest BCUT2D eigenvalue weighted by molar-refractivity contribution is 7.71. The maximum absolute atomic E-state index is 12.9. The molecule has 5 heteroatoms. The van der Waals surface area contributed by atoms with Crippen LogP contribution in [0, 0.1) is 17.5 Å². The van der Waals surface area contributed by atoms with Crippen LogP contribution in [0.25, 0.3) is 16.9 Å². The van der Waals surface area contributed by atoms with Crippen LogP contribution < -0.4 is 0 Å². The minimum atomic E-state index is -0.269. The normalized spacial score (nSPS) is 11.0. The van der Waals surface area contributed by atoms with E-state index >= 15 is 0 Å². The van der Waals surface area contributed by atoms with Gasteiger partial charge in [-0.2, -0.15) is 0 Å². The molecule has 3 aromatic rings. The molecule has 0 saturated heterocycles. The van der Waals surface area contributed by atoms with Crippen LogP contribution in [0.3, 0.4) is 0 Å². The number of aromatic amines is 1. The summed E-state index contributed by atoms with van der Waals surface area (Å²) in [5, 5.41) is 0. The summed E-state index contributed by atoms with van der Waals surface area (Å²) >= 11 is 5.30. The largest absolute Gasteiger partial charge is 0.329 e. The van der Waals surface area contributed by atoms with Crippen LogP contribution in [-0.4, -0.2) is 14.5 Å². The number of nitrogens with zero attached hydrogens (tertiary/aromatic N) is 2. The molecule has 0 radical (unpaired) electrons. The first-order chi connectivity index (χ1) is 8.66. The van der Waals surface area contributed by atoms with Crippen molar-refractivity contribution < 1.29 is 4.39 Å². The number of halogens is 1. The summed E-state index contributed by atoms with van der Waals surface area (Å²) in [6.45, 7) is 1.99. The third kappa shape index (κ3) is 1.64. The molecule has 1 aromatic carbocycles. The predicted molar refractivity (Wildman–Crippen MR) is 70.9 cm³/mol. The summed E-state index contributed by atoms with van der Waals surface area (Å²) in [7, 11) is 0. The zero-order valence-corrected chi connectivity index (χ0v) is 10.5. The molecule has 2 aromatic heterocycles. The molecule has 2 heterocycles. The number of pyridine rings is 1. The number of rotatable bonds is 1. The van der Waals surface area contributed by atoms with E-state index in [1.54, 1.807) is 22.9 Å². The highest BCUT2D eigenvalue weighted by atomic mass is 32.1. The zero-order valence-electron chi connectivity index (χ0n) is 9.64. The van der Waals surface area contributed by atoms with Crippen molar-refractivity contribution in [3.63, 3.8) is 0 Å². The van der Waals surface area contributed by atoms with E-state index in [0.29, 0.717) is 4.77 Å². The van der Waals surface area contributed by atoms with Crippen molar-refractivity contribution in [2.45, 2.75) is 6.92 Å². The molecule has 3 nitrogen and oxygen atoms in total. The Labute approximate surface area is 108 Å². The van der Waals surface area contributed by atoms with E-state index in [1.165, 1.54) is 12.1 Å². The van der Waals surface area contributed by atoms with Gasteiger partial charge < -0.3 is 4.98 Å². The van der Waals surface area contributed by atoms with Gasteiger partial charge in [0, 0.05) is 6.20 Å². The third-order valence-electron chi connectivity index (χ3n) is 2.87. The summed E-state index contributed by atoms with van der Waals surface area (Å²) in [5.41, 5.74) is 3.54. The van der Waals surface area contributed by atoms with Crippen LogP contribution in [0.2, 0.25) is 0 Å². The van der Waals surface area contributed by atoms with Gasteiger partial charge in [-0.05, 0) is 55.0 Å². The Bertz CT molecular complexity index is 771. The first-order valence-corrected chi connectivity index (χ1v) is 5.90. The summed E-state index contributed by atoms with van der Waals surface area (Å²) in [5.74, 6) is -0.269. The Kier molecular flexibility index (Phi) is 2.48. The van der Waals surface area contributed by atoms with Gasteiger partial charge in [-0.15, -0.1) is 0 Å². The van der Waals surface area contributed by atoms with Crippen molar-refractivity contribution in [1.82, 2.24) is 14.5 Å². The number of imidazole rings is 1. The van der Waals surface area contributed by atoms with Crippen molar-refractivity contribution in [3.05, 3.63) is 52.7 Å². The van der Waals surface area contributed by atoms with Gasteiger partial charge in [0.15, 0.2) is 10.4 Å². The Morgan fingerprint density at radius 2 is 1.94 bits per heavy atom. The molecule has 0 aliphatic carbocycles. The van der Waals surface area contributed by atoms with Crippen LogP contribution in [-0.2, 0) is 0 Å².